The molecule has 0 unspecified atom stereocenters. The SMILES string of the molecule is CC.O=c1oc(-c2ccccc2)ns1. The van der Waals surface area contributed by atoms with E-state index in [0.29, 0.717) is 5.89 Å². The molecule has 0 amide bonds. The highest BCUT2D eigenvalue weighted by Crippen LogP contribution is 2.14. The second-order valence-electron chi connectivity index (χ2n) is 2.21. The highest BCUT2D eigenvalue weighted by Gasteiger charge is 2.02. The molecule has 1 aromatic heterocycles. The van der Waals surface area contributed by atoms with Crippen molar-refractivity contribution >= 4 is 11.5 Å². The Hall–Kier alpha value is -1.42. The predicted octanol–water partition coefficient (Wildman–Crippen LogP) is 2.79. The van der Waals surface area contributed by atoms with Gasteiger partial charge in [-0.25, -0.2) is 4.79 Å². The summed E-state index contributed by atoms with van der Waals surface area (Å²) in [6, 6.07) is 9.33. The van der Waals surface area contributed by atoms with Gasteiger partial charge in [-0.3, -0.25) is 0 Å². The number of benzene rings is 1. The van der Waals surface area contributed by atoms with Gasteiger partial charge >= 0.3 is 4.94 Å². The van der Waals surface area contributed by atoms with Gasteiger partial charge in [-0.2, -0.15) is 0 Å². The number of aromatic nitrogens is 1. The van der Waals surface area contributed by atoms with Crippen molar-refractivity contribution in [3.05, 3.63) is 40.1 Å². The summed E-state index contributed by atoms with van der Waals surface area (Å²) in [5.41, 5.74) is 0.829. The van der Waals surface area contributed by atoms with E-state index in [4.69, 9.17) is 4.42 Å². The van der Waals surface area contributed by atoms with Crippen LogP contribution in [0.2, 0.25) is 0 Å². The van der Waals surface area contributed by atoms with Crippen LogP contribution in [0.25, 0.3) is 11.5 Å². The van der Waals surface area contributed by atoms with Crippen LogP contribution in [-0.2, 0) is 0 Å². The van der Waals surface area contributed by atoms with Crippen molar-refractivity contribution in [2.24, 2.45) is 0 Å². The Kier molecular flexibility index (Phi) is 4.07. The summed E-state index contributed by atoms with van der Waals surface area (Å²) in [4.78, 5) is 10.3. The summed E-state index contributed by atoms with van der Waals surface area (Å²) in [5, 5.41) is 0. The lowest BCUT2D eigenvalue weighted by Crippen LogP contribution is -1.81. The van der Waals surface area contributed by atoms with E-state index in [1.165, 1.54) is 0 Å². The Morgan fingerprint density at radius 3 is 2.36 bits per heavy atom. The average Bonchev–Trinajstić information content (AvgIpc) is 2.69. The minimum Gasteiger partial charge on any atom is -0.394 e. The summed E-state index contributed by atoms with van der Waals surface area (Å²) in [5.74, 6) is 0.394. The Morgan fingerprint density at radius 2 is 1.86 bits per heavy atom. The molecule has 0 N–H and O–H groups in total. The number of rotatable bonds is 1. The minimum absolute atomic E-state index is 0.367. The van der Waals surface area contributed by atoms with Crippen molar-refractivity contribution < 1.29 is 4.42 Å². The van der Waals surface area contributed by atoms with Crippen molar-refractivity contribution in [1.29, 1.82) is 0 Å². The third-order valence-corrected chi connectivity index (χ3v) is 1.89. The van der Waals surface area contributed by atoms with Crippen molar-refractivity contribution in [2.75, 3.05) is 0 Å². The molecule has 3 nitrogen and oxygen atoms in total. The van der Waals surface area contributed by atoms with Crippen molar-refractivity contribution in [3.63, 3.8) is 0 Å². The molecule has 14 heavy (non-hydrogen) atoms. The molecule has 0 atom stereocenters. The summed E-state index contributed by atoms with van der Waals surface area (Å²) in [6.07, 6.45) is 0. The summed E-state index contributed by atoms with van der Waals surface area (Å²) >= 11 is 0.827. The zero-order valence-electron chi connectivity index (χ0n) is 8.06. The van der Waals surface area contributed by atoms with Crippen LogP contribution in [0.5, 0.6) is 0 Å². The van der Waals surface area contributed by atoms with E-state index in [2.05, 4.69) is 4.37 Å². The maximum atomic E-state index is 10.7. The standard InChI is InChI=1S/C8H5NO2S.C2H6/c10-8-11-7(9-12-8)6-4-2-1-3-5-6;1-2/h1-5H;1-2H3. The Bertz CT molecular complexity index is 419. The first-order valence-corrected chi connectivity index (χ1v) is 5.16. The second kappa shape index (κ2) is 5.34. The second-order valence-corrected chi connectivity index (χ2v) is 2.90. The predicted molar refractivity (Wildman–Crippen MR) is 57.4 cm³/mol. The van der Waals surface area contributed by atoms with Gasteiger partial charge in [0.25, 0.3) is 0 Å². The fourth-order valence-electron chi connectivity index (χ4n) is 0.887. The van der Waals surface area contributed by atoms with Crippen LogP contribution >= 0.6 is 11.5 Å². The first-order valence-electron chi connectivity index (χ1n) is 4.38. The van der Waals surface area contributed by atoms with E-state index < -0.39 is 0 Å². The molecule has 2 aromatic rings. The summed E-state index contributed by atoms with van der Waals surface area (Å²) in [6.45, 7) is 4.00. The number of hydrogen-bond donors (Lipinski definition) is 0. The molecule has 74 valence electrons. The molecule has 0 aliphatic rings. The van der Waals surface area contributed by atoms with E-state index in [0.717, 1.165) is 17.1 Å². The van der Waals surface area contributed by atoms with Crippen LogP contribution in [0, 0.1) is 0 Å². The van der Waals surface area contributed by atoms with Gasteiger partial charge in [0.15, 0.2) is 0 Å². The third kappa shape index (κ3) is 2.53. The molecule has 0 aliphatic heterocycles. The lowest BCUT2D eigenvalue weighted by Gasteiger charge is -1.89. The fraction of sp³-hybridized carbons (Fsp3) is 0.200. The fourth-order valence-corrected chi connectivity index (χ4v) is 1.30. The van der Waals surface area contributed by atoms with Crippen LogP contribution in [-0.4, -0.2) is 4.37 Å². The number of nitrogens with zero attached hydrogens (tertiary/aromatic N) is 1. The zero-order valence-corrected chi connectivity index (χ0v) is 8.88. The Balaban J connectivity index is 0.000000461. The highest BCUT2D eigenvalue weighted by molar-refractivity contribution is 7.02. The first-order chi connectivity index (χ1) is 6.86. The molecule has 1 aromatic carbocycles. The molecule has 2 rings (SSSR count). The minimum atomic E-state index is -0.367. The van der Waals surface area contributed by atoms with E-state index in [9.17, 15) is 4.79 Å². The molecular formula is C10H11NO2S. The summed E-state index contributed by atoms with van der Waals surface area (Å²) < 4.78 is 8.67. The van der Waals surface area contributed by atoms with Gasteiger partial charge < -0.3 is 4.42 Å². The molecule has 0 spiro atoms. The van der Waals surface area contributed by atoms with Crippen LogP contribution in [0.3, 0.4) is 0 Å². The van der Waals surface area contributed by atoms with Crippen LogP contribution in [0.4, 0.5) is 0 Å². The summed E-state index contributed by atoms with van der Waals surface area (Å²) in [7, 11) is 0. The smallest absolute Gasteiger partial charge is 0.394 e. The normalized spacial score (nSPS) is 9.00. The van der Waals surface area contributed by atoms with Crippen molar-refractivity contribution in [1.82, 2.24) is 4.37 Å². The zero-order chi connectivity index (χ0) is 10.4. The Morgan fingerprint density at radius 1 is 1.21 bits per heavy atom. The molecule has 1 heterocycles. The lowest BCUT2D eigenvalue weighted by atomic mass is 10.2. The van der Waals surface area contributed by atoms with E-state index >= 15 is 0 Å². The monoisotopic (exact) mass is 209 g/mol. The van der Waals surface area contributed by atoms with Gasteiger partial charge in [-0.05, 0) is 12.1 Å². The molecule has 0 fully saturated rings. The van der Waals surface area contributed by atoms with Gasteiger partial charge in [-0.1, -0.05) is 32.0 Å². The molecule has 0 saturated carbocycles. The topological polar surface area (TPSA) is 43.1 Å². The molecule has 0 radical (unpaired) electrons. The van der Waals surface area contributed by atoms with E-state index in [1.54, 1.807) is 0 Å². The van der Waals surface area contributed by atoms with Crippen LogP contribution < -0.4 is 4.94 Å². The van der Waals surface area contributed by atoms with E-state index in [1.807, 2.05) is 44.2 Å². The maximum Gasteiger partial charge on any atom is 0.414 e. The highest BCUT2D eigenvalue weighted by atomic mass is 32.1. The average molecular weight is 209 g/mol. The first kappa shape index (κ1) is 10.7. The van der Waals surface area contributed by atoms with Gasteiger partial charge in [0.2, 0.25) is 5.89 Å². The third-order valence-electron chi connectivity index (χ3n) is 1.40. The van der Waals surface area contributed by atoms with Gasteiger partial charge in [0, 0.05) is 5.56 Å². The molecular weight excluding hydrogens is 198 g/mol. The van der Waals surface area contributed by atoms with Gasteiger partial charge in [0.1, 0.15) is 0 Å². The lowest BCUT2D eigenvalue weighted by molar-refractivity contribution is 0.543. The number of hydrogen-bond acceptors (Lipinski definition) is 4. The van der Waals surface area contributed by atoms with Gasteiger partial charge in [0.05, 0.1) is 11.5 Å². The molecule has 0 aliphatic carbocycles. The van der Waals surface area contributed by atoms with Crippen LogP contribution in [0.1, 0.15) is 13.8 Å². The molecule has 0 saturated heterocycles. The largest absolute Gasteiger partial charge is 0.414 e. The van der Waals surface area contributed by atoms with E-state index in [-0.39, 0.29) is 4.94 Å². The Labute approximate surface area is 86.2 Å². The van der Waals surface area contributed by atoms with Crippen LogP contribution in [0.15, 0.2) is 39.5 Å². The quantitative estimate of drug-likeness (QED) is 0.725. The maximum absolute atomic E-state index is 10.7. The van der Waals surface area contributed by atoms with Crippen molar-refractivity contribution in [3.8, 4) is 11.5 Å². The van der Waals surface area contributed by atoms with Crippen molar-refractivity contribution in [2.45, 2.75) is 13.8 Å². The molecule has 4 heteroatoms. The van der Waals surface area contributed by atoms with Gasteiger partial charge in [-0.15, -0.1) is 4.37 Å². The molecule has 0 bridgehead atoms.